The first-order valence-corrected chi connectivity index (χ1v) is 5.34. The van der Waals surface area contributed by atoms with E-state index in [-0.39, 0.29) is 0 Å². The lowest BCUT2D eigenvalue weighted by Crippen LogP contribution is -2.15. The summed E-state index contributed by atoms with van der Waals surface area (Å²) < 4.78 is 0. The van der Waals surface area contributed by atoms with Crippen LogP contribution in [0.25, 0.3) is 0 Å². The molecule has 0 aromatic rings. The first kappa shape index (κ1) is 11.0. The smallest absolute Gasteiger partial charge is 0.0391 e. The maximum atomic E-state index is 2.41. The van der Waals surface area contributed by atoms with Crippen molar-refractivity contribution in [3.8, 4) is 0 Å². The van der Waals surface area contributed by atoms with Crippen LogP contribution in [0.2, 0.25) is 0 Å². The summed E-state index contributed by atoms with van der Waals surface area (Å²) in [6.45, 7) is 8.74. The molecule has 0 heterocycles. The van der Waals surface area contributed by atoms with Gasteiger partial charge in [0.15, 0.2) is 0 Å². The minimum atomic E-state index is 1.02. The molecule has 0 heteroatoms. The fourth-order valence-corrected chi connectivity index (χ4v) is 2.00. The molecule has 1 unspecified atom stereocenters. The van der Waals surface area contributed by atoms with E-state index >= 15 is 0 Å². The van der Waals surface area contributed by atoms with Gasteiger partial charge in [-0.1, -0.05) is 59.8 Å². The molecule has 1 saturated carbocycles. The molecule has 0 saturated heterocycles. The van der Waals surface area contributed by atoms with Crippen molar-refractivity contribution in [2.24, 2.45) is 11.8 Å². The summed E-state index contributed by atoms with van der Waals surface area (Å²) in [6.07, 6.45) is 7.36. The number of hydrogen-bond donors (Lipinski definition) is 0. The third-order valence-electron chi connectivity index (χ3n) is 2.81. The van der Waals surface area contributed by atoms with Crippen molar-refractivity contribution in [3.05, 3.63) is 0 Å². The molecule has 0 spiro atoms. The molecule has 68 valence electrons. The zero-order valence-corrected chi connectivity index (χ0v) is 8.69. The Balaban J connectivity index is 0.000000461. The Kier molecular flexibility index (Phi) is 6.69. The summed E-state index contributed by atoms with van der Waals surface area (Å²) in [7, 11) is 0. The summed E-state index contributed by atoms with van der Waals surface area (Å²) in [4.78, 5) is 0. The molecule has 11 heavy (non-hydrogen) atoms. The van der Waals surface area contributed by atoms with Gasteiger partial charge in [-0.15, -0.1) is 0 Å². The Hall–Kier alpha value is 0. The first-order valence-electron chi connectivity index (χ1n) is 5.34. The lowest BCUT2D eigenvalue weighted by molar-refractivity contribution is 0.249. The summed E-state index contributed by atoms with van der Waals surface area (Å²) in [5.41, 5.74) is 0. The van der Waals surface area contributed by atoms with Crippen LogP contribution in [0, 0.1) is 11.8 Å². The molecule has 0 aromatic carbocycles. The van der Waals surface area contributed by atoms with Gasteiger partial charge in [-0.05, 0) is 11.8 Å². The average Bonchev–Trinajstić information content (AvgIpc) is 2.09. The molecule has 0 amide bonds. The van der Waals surface area contributed by atoms with Crippen molar-refractivity contribution in [1.82, 2.24) is 0 Å². The van der Waals surface area contributed by atoms with Gasteiger partial charge in [0.1, 0.15) is 0 Å². The SMILES string of the molecule is CC.CCC1CCCC[C@H]1C. The van der Waals surface area contributed by atoms with Gasteiger partial charge in [0.05, 0.1) is 0 Å². The van der Waals surface area contributed by atoms with Crippen molar-refractivity contribution in [1.29, 1.82) is 0 Å². The molecular weight excluding hydrogens is 132 g/mol. The maximum absolute atomic E-state index is 2.41. The van der Waals surface area contributed by atoms with E-state index in [9.17, 15) is 0 Å². The maximum Gasteiger partial charge on any atom is -0.0391 e. The highest BCUT2D eigenvalue weighted by Gasteiger charge is 2.18. The standard InChI is InChI=1S/C9H18.C2H6/c1-3-9-7-5-4-6-8(9)2;1-2/h8-9H,3-7H2,1-2H3;1-2H3/t8-,9?;/m1./s1. The lowest BCUT2D eigenvalue weighted by atomic mass is 9.79. The van der Waals surface area contributed by atoms with Crippen LogP contribution in [0.15, 0.2) is 0 Å². The van der Waals surface area contributed by atoms with Gasteiger partial charge < -0.3 is 0 Å². The van der Waals surface area contributed by atoms with Crippen LogP contribution >= 0.6 is 0 Å². The molecule has 0 N–H and O–H groups in total. The van der Waals surface area contributed by atoms with Crippen molar-refractivity contribution < 1.29 is 0 Å². The third kappa shape index (κ3) is 3.79. The second kappa shape index (κ2) is 6.69. The number of rotatable bonds is 1. The molecule has 0 nitrogen and oxygen atoms in total. The summed E-state index contributed by atoms with van der Waals surface area (Å²) in [5, 5.41) is 0. The Morgan fingerprint density at radius 3 is 2.00 bits per heavy atom. The predicted octanol–water partition coefficient (Wildman–Crippen LogP) is 4.25. The highest BCUT2D eigenvalue weighted by atomic mass is 14.2. The zero-order valence-electron chi connectivity index (χ0n) is 8.69. The van der Waals surface area contributed by atoms with E-state index in [1.165, 1.54) is 32.1 Å². The molecule has 1 rings (SSSR count). The zero-order chi connectivity index (χ0) is 8.69. The van der Waals surface area contributed by atoms with Crippen LogP contribution < -0.4 is 0 Å². The number of hydrogen-bond acceptors (Lipinski definition) is 0. The molecule has 0 bridgehead atoms. The van der Waals surface area contributed by atoms with Crippen LogP contribution in [0.3, 0.4) is 0 Å². The van der Waals surface area contributed by atoms with E-state index in [2.05, 4.69) is 13.8 Å². The highest BCUT2D eigenvalue weighted by molar-refractivity contribution is 4.70. The quantitative estimate of drug-likeness (QED) is 0.532. The van der Waals surface area contributed by atoms with E-state index < -0.39 is 0 Å². The predicted molar refractivity (Wildman–Crippen MR) is 52.8 cm³/mol. The van der Waals surface area contributed by atoms with E-state index in [4.69, 9.17) is 0 Å². The van der Waals surface area contributed by atoms with Gasteiger partial charge >= 0.3 is 0 Å². The molecular formula is C11H24. The van der Waals surface area contributed by atoms with Crippen LogP contribution in [-0.4, -0.2) is 0 Å². The minimum Gasteiger partial charge on any atom is -0.0683 e. The summed E-state index contributed by atoms with van der Waals surface area (Å²) in [5.74, 6) is 2.07. The second-order valence-corrected chi connectivity index (χ2v) is 3.43. The van der Waals surface area contributed by atoms with Crippen LogP contribution in [0.5, 0.6) is 0 Å². The van der Waals surface area contributed by atoms with E-state index in [0.717, 1.165) is 11.8 Å². The first-order chi connectivity index (χ1) is 5.34. The molecule has 2 atom stereocenters. The van der Waals surface area contributed by atoms with Crippen molar-refractivity contribution >= 4 is 0 Å². The lowest BCUT2D eigenvalue weighted by Gasteiger charge is -2.27. The Bertz CT molecular complexity index is 76.1. The molecule has 1 aliphatic carbocycles. The van der Waals surface area contributed by atoms with E-state index in [1.807, 2.05) is 13.8 Å². The molecule has 0 radical (unpaired) electrons. The molecule has 1 fully saturated rings. The van der Waals surface area contributed by atoms with Gasteiger partial charge in [0.25, 0.3) is 0 Å². The molecule has 0 aromatic heterocycles. The molecule has 1 aliphatic rings. The Morgan fingerprint density at radius 1 is 1.09 bits per heavy atom. The normalized spacial score (nSPS) is 30.5. The summed E-state index contributed by atoms with van der Waals surface area (Å²) >= 11 is 0. The van der Waals surface area contributed by atoms with Crippen LogP contribution in [0.1, 0.15) is 59.8 Å². The van der Waals surface area contributed by atoms with Gasteiger partial charge in [0, 0.05) is 0 Å². The fourth-order valence-electron chi connectivity index (χ4n) is 2.00. The second-order valence-electron chi connectivity index (χ2n) is 3.43. The summed E-state index contributed by atoms with van der Waals surface area (Å²) in [6, 6.07) is 0. The van der Waals surface area contributed by atoms with Crippen molar-refractivity contribution in [2.75, 3.05) is 0 Å². The van der Waals surface area contributed by atoms with E-state index in [1.54, 1.807) is 0 Å². The third-order valence-corrected chi connectivity index (χ3v) is 2.81. The fraction of sp³-hybridized carbons (Fsp3) is 1.00. The topological polar surface area (TPSA) is 0 Å². The van der Waals surface area contributed by atoms with E-state index in [0.29, 0.717) is 0 Å². The van der Waals surface area contributed by atoms with Gasteiger partial charge in [-0.3, -0.25) is 0 Å². The van der Waals surface area contributed by atoms with Gasteiger partial charge in [-0.2, -0.15) is 0 Å². The van der Waals surface area contributed by atoms with Gasteiger partial charge in [-0.25, -0.2) is 0 Å². The van der Waals surface area contributed by atoms with Crippen LogP contribution in [0.4, 0.5) is 0 Å². The average molecular weight is 156 g/mol. The Labute approximate surface area is 72.4 Å². The molecule has 0 aliphatic heterocycles. The Morgan fingerprint density at radius 2 is 1.64 bits per heavy atom. The minimum absolute atomic E-state index is 1.02. The van der Waals surface area contributed by atoms with Crippen molar-refractivity contribution in [3.63, 3.8) is 0 Å². The highest BCUT2D eigenvalue weighted by Crippen LogP contribution is 2.31. The van der Waals surface area contributed by atoms with Crippen molar-refractivity contribution in [2.45, 2.75) is 59.8 Å². The van der Waals surface area contributed by atoms with Gasteiger partial charge in [0.2, 0.25) is 0 Å². The monoisotopic (exact) mass is 156 g/mol. The largest absolute Gasteiger partial charge is 0.0683 e. The van der Waals surface area contributed by atoms with Crippen LogP contribution in [-0.2, 0) is 0 Å².